The first kappa shape index (κ1) is 14.2. The fourth-order valence-electron chi connectivity index (χ4n) is 1.81. The van der Waals surface area contributed by atoms with Crippen LogP contribution in [0.3, 0.4) is 0 Å². The van der Waals surface area contributed by atoms with Crippen LogP contribution in [0.5, 0.6) is 11.5 Å². The first-order valence-corrected chi connectivity index (χ1v) is 6.93. The van der Waals surface area contributed by atoms with Gasteiger partial charge < -0.3 is 14.6 Å². The van der Waals surface area contributed by atoms with Gasteiger partial charge in [-0.25, -0.2) is 0 Å². The molecule has 0 radical (unpaired) electrons. The molecule has 0 fully saturated rings. The van der Waals surface area contributed by atoms with Gasteiger partial charge in [0.05, 0.1) is 25.9 Å². The Bertz CT molecular complexity index is 332. The predicted octanol–water partition coefficient (Wildman–Crippen LogP) is 2.74. The fourth-order valence-corrected chi connectivity index (χ4v) is 2.52. The lowest BCUT2D eigenvalue weighted by Gasteiger charge is -2.22. The zero-order valence-electron chi connectivity index (χ0n) is 10.8. The van der Waals surface area contributed by atoms with Crippen LogP contribution in [0.2, 0.25) is 0 Å². The van der Waals surface area contributed by atoms with E-state index in [2.05, 4.69) is 0 Å². The van der Waals surface area contributed by atoms with Gasteiger partial charge in [-0.05, 0) is 30.1 Å². The molecule has 0 spiro atoms. The second-order valence-corrected chi connectivity index (χ2v) is 4.86. The zero-order chi connectivity index (χ0) is 12.8. The largest absolute Gasteiger partial charge is 0.496 e. The third-order valence-corrected chi connectivity index (χ3v) is 3.59. The van der Waals surface area contributed by atoms with Gasteiger partial charge in [0, 0.05) is 0 Å². The molecule has 2 unspecified atom stereocenters. The number of hydrogen-bond donors (Lipinski definition) is 1. The Morgan fingerprint density at radius 1 is 1.24 bits per heavy atom. The number of thioether (sulfide) groups is 1. The van der Waals surface area contributed by atoms with Gasteiger partial charge in [-0.15, -0.1) is 0 Å². The summed E-state index contributed by atoms with van der Waals surface area (Å²) in [7, 11) is 3.20. The van der Waals surface area contributed by atoms with Crippen LogP contribution in [0.4, 0.5) is 0 Å². The molecule has 0 saturated heterocycles. The van der Waals surface area contributed by atoms with Crippen molar-refractivity contribution < 1.29 is 14.6 Å². The van der Waals surface area contributed by atoms with Gasteiger partial charge in [0.25, 0.3) is 0 Å². The number of ether oxygens (including phenoxy) is 2. The van der Waals surface area contributed by atoms with Crippen molar-refractivity contribution in [3.8, 4) is 11.5 Å². The van der Waals surface area contributed by atoms with E-state index in [4.69, 9.17) is 9.47 Å². The van der Waals surface area contributed by atoms with Crippen molar-refractivity contribution in [1.29, 1.82) is 0 Å². The standard InChI is InChI=1S/C13H20O3S/c1-9(8-17-4)13(14)12-10(15-2)6-5-7-11(12)16-3/h5-7,9,13-14H,8H2,1-4H3. The lowest BCUT2D eigenvalue weighted by molar-refractivity contribution is 0.122. The van der Waals surface area contributed by atoms with Crippen molar-refractivity contribution in [3.63, 3.8) is 0 Å². The summed E-state index contributed by atoms with van der Waals surface area (Å²) in [5, 5.41) is 10.4. The van der Waals surface area contributed by atoms with Gasteiger partial charge in [0.2, 0.25) is 0 Å². The zero-order valence-corrected chi connectivity index (χ0v) is 11.6. The molecule has 2 atom stereocenters. The molecule has 1 rings (SSSR count). The van der Waals surface area contributed by atoms with E-state index in [1.807, 2.05) is 31.4 Å². The lowest BCUT2D eigenvalue weighted by atomic mass is 9.97. The topological polar surface area (TPSA) is 38.7 Å². The SMILES string of the molecule is COc1cccc(OC)c1C(O)C(C)CSC. The van der Waals surface area contributed by atoms with Crippen LogP contribution < -0.4 is 9.47 Å². The second-order valence-electron chi connectivity index (χ2n) is 3.95. The Hall–Kier alpha value is -0.870. The van der Waals surface area contributed by atoms with E-state index >= 15 is 0 Å². The summed E-state index contributed by atoms with van der Waals surface area (Å²) < 4.78 is 10.6. The van der Waals surface area contributed by atoms with Crippen molar-refractivity contribution in [2.75, 3.05) is 26.2 Å². The Morgan fingerprint density at radius 2 is 1.76 bits per heavy atom. The monoisotopic (exact) mass is 256 g/mol. The highest BCUT2D eigenvalue weighted by molar-refractivity contribution is 7.98. The number of methoxy groups -OCH3 is 2. The highest BCUT2D eigenvalue weighted by Crippen LogP contribution is 2.37. The van der Waals surface area contributed by atoms with Crippen molar-refractivity contribution >= 4 is 11.8 Å². The number of rotatable bonds is 6. The molecule has 4 heteroatoms. The summed E-state index contributed by atoms with van der Waals surface area (Å²) >= 11 is 1.72. The van der Waals surface area contributed by atoms with Crippen LogP contribution in [0, 0.1) is 5.92 Å². The Balaban J connectivity index is 3.08. The highest BCUT2D eigenvalue weighted by Gasteiger charge is 2.23. The maximum absolute atomic E-state index is 10.4. The molecular weight excluding hydrogens is 236 g/mol. The summed E-state index contributed by atoms with van der Waals surface area (Å²) in [5.74, 6) is 2.38. The molecule has 0 amide bonds. The van der Waals surface area contributed by atoms with Gasteiger partial charge in [0.1, 0.15) is 11.5 Å². The Labute approximate surface area is 107 Å². The van der Waals surface area contributed by atoms with Crippen LogP contribution in [-0.2, 0) is 0 Å². The average molecular weight is 256 g/mol. The molecule has 3 nitrogen and oxygen atoms in total. The van der Waals surface area contributed by atoms with E-state index in [1.54, 1.807) is 26.0 Å². The average Bonchev–Trinajstić information content (AvgIpc) is 2.37. The molecule has 0 saturated carbocycles. The molecule has 1 aromatic carbocycles. The highest BCUT2D eigenvalue weighted by atomic mass is 32.2. The van der Waals surface area contributed by atoms with Gasteiger partial charge in [-0.3, -0.25) is 0 Å². The minimum Gasteiger partial charge on any atom is -0.496 e. The maximum atomic E-state index is 10.4. The molecular formula is C13H20O3S. The van der Waals surface area contributed by atoms with E-state index in [1.165, 1.54) is 0 Å². The molecule has 1 aromatic rings. The van der Waals surface area contributed by atoms with Gasteiger partial charge in [-0.2, -0.15) is 11.8 Å². The van der Waals surface area contributed by atoms with Crippen LogP contribution in [-0.4, -0.2) is 31.3 Å². The third kappa shape index (κ3) is 3.30. The molecule has 96 valence electrons. The molecule has 0 aliphatic heterocycles. The molecule has 17 heavy (non-hydrogen) atoms. The maximum Gasteiger partial charge on any atom is 0.128 e. The van der Waals surface area contributed by atoms with Gasteiger partial charge >= 0.3 is 0 Å². The number of hydrogen-bond acceptors (Lipinski definition) is 4. The first-order chi connectivity index (χ1) is 8.15. The van der Waals surface area contributed by atoms with E-state index in [-0.39, 0.29) is 5.92 Å². The number of aliphatic hydroxyl groups is 1. The normalized spacial score (nSPS) is 14.2. The van der Waals surface area contributed by atoms with Gasteiger partial charge in [0.15, 0.2) is 0 Å². The third-order valence-electron chi connectivity index (χ3n) is 2.73. The summed E-state index contributed by atoms with van der Waals surface area (Å²) in [6.07, 6.45) is 1.46. The number of benzene rings is 1. The predicted molar refractivity (Wildman–Crippen MR) is 72.1 cm³/mol. The molecule has 1 N–H and O–H groups in total. The smallest absolute Gasteiger partial charge is 0.128 e. The van der Waals surface area contributed by atoms with E-state index in [9.17, 15) is 5.11 Å². The van der Waals surface area contributed by atoms with Crippen LogP contribution in [0.25, 0.3) is 0 Å². The van der Waals surface area contributed by atoms with Crippen molar-refractivity contribution in [2.24, 2.45) is 5.92 Å². The molecule has 0 heterocycles. The summed E-state index contributed by atoms with van der Waals surface area (Å²) in [5.41, 5.74) is 0.735. The van der Waals surface area contributed by atoms with E-state index in [0.29, 0.717) is 11.5 Å². The first-order valence-electron chi connectivity index (χ1n) is 5.53. The van der Waals surface area contributed by atoms with Crippen molar-refractivity contribution in [3.05, 3.63) is 23.8 Å². The quantitative estimate of drug-likeness (QED) is 0.849. The Kier molecular flexibility index (Phi) is 5.65. The lowest BCUT2D eigenvalue weighted by Crippen LogP contribution is -2.13. The van der Waals surface area contributed by atoms with Crippen LogP contribution in [0.1, 0.15) is 18.6 Å². The molecule has 0 aliphatic carbocycles. The summed E-state index contributed by atoms with van der Waals surface area (Å²) in [4.78, 5) is 0. The second kappa shape index (κ2) is 6.77. The minimum atomic E-state index is -0.575. The van der Waals surface area contributed by atoms with Crippen molar-refractivity contribution in [2.45, 2.75) is 13.0 Å². The molecule has 0 aliphatic rings. The van der Waals surface area contributed by atoms with Crippen LogP contribution in [0.15, 0.2) is 18.2 Å². The van der Waals surface area contributed by atoms with E-state index in [0.717, 1.165) is 11.3 Å². The summed E-state index contributed by atoms with van der Waals surface area (Å²) in [6, 6.07) is 5.53. The van der Waals surface area contributed by atoms with Gasteiger partial charge in [-0.1, -0.05) is 13.0 Å². The van der Waals surface area contributed by atoms with Crippen LogP contribution >= 0.6 is 11.8 Å². The molecule has 0 bridgehead atoms. The summed E-state index contributed by atoms with van der Waals surface area (Å²) in [6.45, 7) is 2.02. The van der Waals surface area contributed by atoms with E-state index < -0.39 is 6.10 Å². The Morgan fingerprint density at radius 3 is 2.18 bits per heavy atom. The minimum absolute atomic E-state index is 0.148. The number of aliphatic hydroxyl groups excluding tert-OH is 1. The van der Waals surface area contributed by atoms with Crippen molar-refractivity contribution in [1.82, 2.24) is 0 Å². The fraction of sp³-hybridized carbons (Fsp3) is 0.538. The molecule has 0 aromatic heterocycles.